The minimum atomic E-state index is 0.446. The van der Waals surface area contributed by atoms with Crippen molar-refractivity contribution in [2.75, 3.05) is 32.8 Å². The Labute approximate surface area is 124 Å². The van der Waals surface area contributed by atoms with Crippen molar-refractivity contribution < 1.29 is 4.74 Å². The molecule has 0 saturated carbocycles. The average molecular weight is 327 g/mol. The molecule has 1 aliphatic heterocycles. The minimum Gasteiger partial charge on any atom is -0.494 e. The summed E-state index contributed by atoms with van der Waals surface area (Å²) >= 11 is 3.58. The van der Waals surface area contributed by atoms with Gasteiger partial charge in [0.25, 0.3) is 0 Å². The van der Waals surface area contributed by atoms with E-state index in [4.69, 9.17) is 4.74 Å². The number of nitrogens with one attached hydrogen (secondary N) is 1. The van der Waals surface area contributed by atoms with E-state index in [1.165, 1.54) is 5.56 Å². The van der Waals surface area contributed by atoms with E-state index in [0.29, 0.717) is 12.6 Å². The van der Waals surface area contributed by atoms with Gasteiger partial charge in [-0.05, 0) is 31.5 Å². The molecule has 3 nitrogen and oxygen atoms in total. The van der Waals surface area contributed by atoms with Crippen molar-refractivity contribution in [3.05, 3.63) is 28.2 Å². The molecular formula is C15H23BrN2O. The van der Waals surface area contributed by atoms with Crippen molar-refractivity contribution in [2.24, 2.45) is 0 Å². The first-order valence-corrected chi connectivity index (χ1v) is 7.92. The van der Waals surface area contributed by atoms with E-state index in [0.717, 1.165) is 42.8 Å². The predicted octanol–water partition coefficient (Wildman–Crippen LogP) is 3.20. The second kappa shape index (κ2) is 7.27. The van der Waals surface area contributed by atoms with Gasteiger partial charge in [0.05, 0.1) is 6.61 Å². The van der Waals surface area contributed by atoms with Crippen LogP contribution < -0.4 is 10.1 Å². The molecule has 1 heterocycles. The van der Waals surface area contributed by atoms with Gasteiger partial charge in [0.1, 0.15) is 5.75 Å². The van der Waals surface area contributed by atoms with Crippen LogP contribution in [-0.2, 0) is 0 Å². The standard InChI is InChI=1S/C15H23BrN2O/c1-3-14(18-9-7-17-8-10-18)13-11-12(16)5-6-15(13)19-4-2/h5-6,11,14,17H,3-4,7-10H2,1-2H3/t14-/m0/s1. The third-order valence-corrected chi connectivity index (χ3v) is 4.10. The Morgan fingerprint density at radius 2 is 2.05 bits per heavy atom. The zero-order chi connectivity index (χ0) is 13.7. The quantitative estimate of drug-likeness (QED) is 0.899. The summed E-state index contributed by atoms with van der Waals surface area (Å²) in [6.45, 7) is 9.38. The van der Waals surface area contributed by atoms with Crippen LogP contribution in [0, 0.1) is 0 Å². The van der Waals surface area contributed by atoms with E-state index in [-0.39, 0.29) is 0 Å². The lowest BCUT2D eigenvalue weighted by Gasteiger charge is -2.35. The Kier molecular flexibility index (Phi) is 5.67. The van der Waals surface area contributed by atoms with Gasteiger partial charge in [-0.1, -0.05) is 22.9 Å². The van der Waals surface area contributed by atoms with Crippen molar-refractivity contribution in [3.63, 3.8) is 0 Å². The largest absolute Gasteiger partial charge is 0.494 e. The molecule has 1 saturated heterocycles. The Morgan fingerprint density at radius 3 is 2.68 bits per heavy atom. The average Bonchev–Trinajstić information content (AvgIpc) is 2.44. The Morgan fingerprint density at radius 1 is 1.32 bits per heavy atom. The van der Waals surface area contributed by atoms with Crippen LogP contribution in [-0.4, -0.2) is 37.7 Å². The SMILES string of the molecule is CCOc1ccc(Br)cc1[C@H](CC)N1CCNCC1. The van der Waals surface area contributed by atoms with Crippen LogP contribution in [0.3, 0.4) is 0 Å². The third-order valence-electron chi connectivity index (χ3n) is 3.61. The molecule has 2 rings (SSSR count). The molecule has 0 spiro atoms. The van der Waals surface area contributed by atoms with Crippen LogP contribution in [0.2, 0.25) is 0 Å². The van der Waals surface area contributed by atoms with E-state index in [9.17, 15) is 0 Å². The molecule has 0 amide bonds. The molecule has 1 aromatic carbocycles. The van der Waals surface area contributed by atoms with Gasteiger partial charge in [0.2, 0.25) is 0 Å². The summed E-state index contributed by atoms with van der Waals surface area (Å²) in [5, 5.41) is 3.41. The Bertz CT molecular complexity index is 405. The topological polar surface area (TPSA) is 24.5 Å². The maximum Gasteiger partial charge on any atom is 0.124 e. The highest BCUT2D eigenvalue weighted by Crippen LogP contribution is 2.34. The van der Waals surface area contributed by atoms with E-state index in [1.807, 2.05) is 6.92 Å². The van der Waals surface area contributed by atoms with E-state index in [1.54, 1.807) is 0 Å². The smallest absolute Gasteiger partial charge is 0.124 e. The van der Waals surface area contributed by atoms with Crippen molar-refractivity contribution in [3.8, 4) is 5.75 Å². The van der Waals surface area contributed by atoms with Gasteiger partial charge in [0, 0.05) is 42.3 Å². The fourth-order valence-electron chi connectivity index (χ4n) is 2.74. The fraction of sp³-hybridized carbons (Fsp3) is 0.600. The van der Waals surface area contributed by atoms with E-state index in [2.05, 4.69) is 51.3 Å². The highest BCUT2D eigenvalue weighted by Gasteiger charge is 2.23. The lowest BCUT2D eigenvalue weighted by atomic mass is 10.0. The number of benzene rings is 1. The maximum atomic E-state index is 5.80. The number of rotatable bonds is 5. The van der Waals surface area contributed by atoms with Crippen molar-refractivity contribution in [1.82, 2.24) is 10.2 Å². The highest BCUT2D eigenvalue weighted by atomic mass is 79.9. The first-order chi connectivity index (χ1) is 9.26. The zero-order valence-electron chi connectivity index (χ0n) is 11.8. The summed E-state index contributed by atoms with van der Waals surface area (Å²) in [6, 6.07) is 6.79. The van der Waals surface area contributed by atoms with E-state index < -0.39 is 0 Å². The summed E-state index contributed by atoms with van der Waals surface area (Å²) in [4.78, 5) is 2.56. The van der Waals surface area contributed by atoms with Crippen LogP contribution in [0.25, 0.3) is 0 Å². The van der Waals surface area contributed by atoms with Crippen LogP contribution in [0.1, 0.15) is 31.9 Å². The lowest BCUT2D eigenvalue weighted by Crippen LogP contribution is -2.45. The molecule has 1 N–H and O–H groups in total. The normalized spacial score (nSPS) is 18.3. The van der Waals surface area contributed by atoms with Crippen molar-refractivity contribution in [2.45, 2.75) is 26.3 Å². The van der Waals surface area contributed by atoms with Crippen LogP contribution in [0.5, 0.6) is 5.75 Å². The number of halogens is 1. The van der Waals surface area contributed by atoms with Gasteiger partial charge in [-0.2, -0.15) is 0 Å². The zero-order valence-corrected chi connectivity index (χ0v) is 13.4. The first kappa shape index (κ1) is 14.8. The lowest BCUT2D eigenvalue weighted by molar-refractivity contribution is 0.165. The fourth-order valence-corrected chi connectivity index (χ4v) is 3.11. The minimum absolute atomic E-state index is 0.446. The van der Waals surface area contributed by atoms with Crippen LogP contribution >= 0.6 is 15.9 Å². The summed E-state index contributed by atoms with van der Waals surface area (Å²) in [5.74, 6) is 1.02. The number of ether oxygens (including phenoxy) is 1. The Hall–Kier alpha value is -0.580. The second-order valence-corrected chi connectivity index (χ2v) is 5.74. The number of hydrogen-bond acceptors (Lipinski definition) is 3. The predicted molar refractivity (Wildman–Crippen MR) is 82.8 cm³/mol. The Balaban J connectivity index is 2.27. The number of nitrogens with zero attached hydrogens (tertiary/aromatic N) is 1. The number of piperazine rings is 1. The van der Waals surface area contributed by atoms with Crippen LogP contribution in [0.15, 0.2) is 22.7 Å². The van der Waals surface area contributed by atoms with Gasteiger partial charge >= 0.3 is 0 Å². The molecule has 1 aliphatic rings. The third kappa shape index (κ3) is 3.71. The van der Waals surface area contributed by atoms with Crippen molar-refractivity contribution in [1.29, 1.82) is 0 Å². The molecule has 1 atom stereocenters. The molecule has 106 valence electrons. The molecule has 0 aliphatic carbocycles. The van der Waals surface area contributed by atoms with Crippen molar-refractivity contribution >= 4 is 15.9 Å². The molecule has 0 unspecified atom stereocenters. The number of hydrogen-bond donors (Lipinski definition) is 1. The molecular weight excluding hydrogens is 304 g/mol. The summed E-state index contributed by atoms with van der Waals surface area (Å²) in [7, 11) is 0. The molecule has 4 heteroatoms. The van der Waals surface area contributed by atoms with Gasteiger partial charge in [-0.25, -0.2) is 0 Å². The van der Waals surface area contributed by atoms with Gasteiger partial charge in [-0.15, -0.1) is 0 Å². The maximum absolute atomic E-state index is 5.80. The monoisotopic (exact) mass is 326 g/mol. The first-order valence-electron chi connectivity index (χ1n) is 7.13. The van der Waals surface area contributed by atoms with E-state index >= 15 is 0 Å². The van der Waals surface area contributed by atoms with Gasteiger partial charge in [0.15, 0.2) is 0 Å². The summed E-state index contributed by atoms with van der Waals surface area (Å²) < 4.78 is 6.93. The van der Waals surface area contributed by atoms with Gasteiger partial charge in [-0.3, -0.25) is 4.90 Å². The summed E-state index contributed by atoms with van der Waals surface area (Å²) in [5.41, 5.74) is 1.31. The highest BCUT2D eigenvalue weighted by molar-refractivity contribution is 9.10. The molecule has 0 radical (unpaired) electrons. The molecule has 0 bridgehead atoms. The summed E-state index contributed by atoms with van der Waals surface area (Å²) in [6.07, 6.45) is 1.11. The molecule has 0 aromatic heterocycles. The molecule has 1 aromatic rings. The van der Waals surface area contributed by atoms with Crippen LogP contribution in [0.4, 0.5) is 0 Å². The molecule has 1 fully saturated rings. The molecule has 19 heavy (non-hydrogen) atoms. The second-order valence-electron chi connectivity index (χ2n) is 4.83. The van der Waals surface area contributed by atoms with Gasteiger partial charge < -0.3 is 10.1 Å².